The summed E-state index contributed by atoms with van der Waals surface area (Å²) in [5.74, 6) is -0.680. The number of nitrogens with one attached hydrogen (secondary N) is 2. The Labute approximate surface area is 245 Å². The lowest BCUT2D eigenvalue weighted by molar-refractivity contribution is -0.114. The normalized spacial score (nSPS) is 11.8. The van der Waals surface area contributed by atoms with E-state index < -0.39 is 11.6 Å². The van der Waals surface area contributed by atoms with Gasteiger partial charge in [0.05, 0.1) is 32.0 Å². The fourth-order valence-electron chi connectivity index (χ4n) is 4.29. The molecular weight excluding hydrogens is 560 g/mol. The first-order valence-corrected chi connectivity index (χ1v) is 13.3. The summed E-state index contributed by atoms with van der Waals surface area (Å²) in [6, 6.07) is 12.8. The minimum atomic E-state index is -0.782. The number of hydrogen-bond donors (Lipinski definition) is 3. The first-order chi connectivity index (χ1) is 20.7. The third-order valence-electron chi connectivity index (χ3n) is 6.44. The Morgan fingerprint density at radius 2 is 1.88 bits per heavy atom. The molecule has 2 aromatic carbocycles. The highest BCUT2D eigenvalue weighted by Crippen LogP contribution is 2.32. The predicted molar refractivity (Wildman–Crippen MR) is 156 cm³/mol. The van der Waals surface area contributed by atoms with Crippen molar-refractivity contribution in [3.63, 3.8) is 0 Å². The quantitative estimate of drug-likeness (QED) is 0.196. The number of fused-ring (bicyclic) bond motifs is 1. The molecule has 1 amide bonds. The van der Waals surface area contributed by atoms with Crippen LogP contribution in [-0.2, 0) is 11.3 Å². The zero-order valence-corrected chi connectivity index (χ0v) is 23.6. The summed E-state index contributed by atoms with van der Waals surface area (Å²) in [6.45, 7) is 2.97. The summed E-state index contributed by atoms with van der Waals surface area (Å²) >= 11 is 0. The number of halogens is 2. The van der Waals surface area contributed by atoms with Crippen molar-refractivity contribution in [2.45, 2.75) is 20.4 Å². The first kappa shape index (κ1) is 29.3. The molecule has 0 bridgehead atoms. The van der Waals surface area contributed by atoms with Crippen LogP contribution in [-0.4, -0.2) is 56.1 Å². The van der Waals surface area contributed by atoms with E-state index in [1.54, 1.807) is 31.2 Å². The molecule has 0 radical (unpaired) electrons. The molecule has 11 nitrogen and oxygen atoms in total. The average molecular weight is 590 g/mol. The molecule has 0 unspecified atom stereocenters. The number of para-hydroxylation sites is 1. The smallest absolute Gasteiger partial charge is 0.222 e. The minimum absolute atomic E-state index is 0.0371. The molecule has 3 N–H and O–H groups in total. The van der Waals surface area contributed by atoms with E-state index in [9.17, 15) is 9.90 Å². The van der Waals surface area contributed by atoms with Gasteiger partial charge in [0.25, 0.3) is 0 Å². The van der Waals surface area contributed by atoms with Gasteiger partial charge < -0.3 is 25.2 Å². The molecule has 13 heteroatoms. The van der Waals surface area contributed by atoms with Crippen molar-refractivity contribution in [1.82, 2.24) is 24.7 Å². The Bertz CT molecular complexity index is 1760. The lowest BCUT2D eigenvalue weighted by Gasteiger charge is -2.13. The van der Waals surface area contributed by atoms with Crippen LogP contribution in [0.1, 0.15) is 19.4 Å². The molecular formula is C30H29F2N7O4. The highest BCUT2D eigenvalue weighted by molar-refractivity contribution is 5.92. The second-order valence-corrected chi connectivity index (χ2v) is 9.83. The summed E-state index contributed by atoms with van der Waals surface area (Å²) in [7, 11) is 1.48. The standard InChI is InChI=1S/C30H29F2N7O4/c1-17(15-40)16-43-20-11-23(31)22(24(32)12-20)14-39-25-7-5-4-6-21(25)28(38-39)30-34-13-26(42-3)29(37-30)36-19-8-9-33-27(10-19)35-18(2)41/h4-13,17,40H,14-16H2,1-3H3,(H2,33,34,35,36,37,41)/t17-/m1/s1. The van der Waals surface area contributed by atoms with E-state index in [-0.39, 0.29) is 48.7 Å². The van der Waals surface area contributed by atoms with E-state index in [4.69, 9.17) is 9.47 Å². The molecule has 5 aromatic rings. The molecule has 0 fully saturated rings. The van der Waals surface area contributed by atoms with Crippen molar-refractivity contribution in [2.24, 2.45) is 5.92 Å². The number of benzene rings is 2. The topological polar surface area (TPSA) is 136 Å². The number of rotatable bonds is 11. The molecule has 0 spiro atoms. The van der Waals surface area contributed by atoms with Crippen molar-refractivity contribution in [3.8, 4) is 23.0 Å². The van der Waals surface area contributed by atoms with E-state index in [0.717, 1.165) is 12.1 Å². The van der Waals surface area contributed by atoms with E-state index >= 15 is 8.78 Å². The minimum Gasteiger partial charge on any atom is -0.493 e. The van der Waals surface area contributed by atoms with Gasteiger partial charge in [-0.05, 0) is 12.1 Å². The van der Waals surface area contributed by atoms with Crippen LogP contribution in [0.15, 0.2) is 60.9 Å². The van der Waals surface area contributed by atoms with Crippen molar-refractivity contribution < 1.29 is 28.2 Å². The summed E-state index contributed by atoms with van der Waals surface area (Å²) < 4.78 is 42.5. The summed E-state index contributed by atoms with van der Waals surface area (Å²) in [4.78, 5) is 24.6. The number of carbonyl (C=O) groups excluding carboxylic acids is 1. The molecule has 3 aromatic heterocycles. The zero-order chi connectivity index (χ0) is 30.5. The largest absolute Gasteiger partial charge is 0.493 e. The van der Waals surface area contributed by atoms with Crippen LogP contribution < -0.4 is 20.1 Å². The third-order valence-corrected chi connectivity index (χ3v) is 6.44. The Hall–Kier alpha value is -5.17. The fraction of sp³-hybridized carbons (Fsp3) is 0.233. The lowest BCUT2D eigenvalue weighted by Crippen LogP contribution is -2.13. The van der Waals surface area contributed by atoms with Gasteiger partial charge in [0.15, 0.2) is 17.4 Å². The molecule has 0 aliphatic carbocycles. The summed E-state index contributed by atoms with van der Waals surface area (Å²) in [5.41, 5.74) is 1.42. The summed E-state index contributed by atoms with van der Waals surface area (Å²) in [6.07, 6.45) is 3.02. The van der Waals surface area contributed by atoms with Crippen molar-refractivity contribution >= 4 is 34.1 Å². The SMILES string of the molecule is COc1cnc(-c2nn(Cc3c(F)cc(OC[C@H](C)CO)cc3F)c3ccccc23)nc1Nc1ccnc(NC(C)=O)c1. The van der Waals surface area contributed by atoms with Crippen LogP contribution in [0, 0.1) is 17.6 Å². The second-order valence-electron chi connectivity index (χ2n) is 9.83. The Morgan fingerprint density at radius 3 is 2.60 bits per heavy atom. The van der Waals surface area contributed by atoms with Crippen LogP contribution in [0.5, 0.6) is 11.5 Å². The van der Waals surface area contributed by atoms with E-state index in [0.29, 0.717) is 39.7 Å². The molecule has 1 atom stereocenters. The van der Waals surface area contributed by atoms with Gasteiger partial charge in [-0.3, -0.25) is 9.48 Å². The van der Waals surface area contributed by atoms with Gasteiger partial charge in [0, 0.05) is 60.5 Å². The predicted octanol–water partition coefficient (Wildman–Crippen LogP) is 4.93. The molecule has 0 aliphatic heterocycles. The highest BCUT2D eigenvalue weighted by Gasteiger charge is 2.20. The maximum atomic E-state index is 15.1. The molecule has 0 aliphatic rings. The van der Waals surface area contributed by atoms with E-state index in [1.807, 2.05) is 12.1 Å². The van der Waals surface area contributed by atoms with Crippen LogP contribution in [0.4, 0.5) is 26.1 Å². The van der Waals surface area contributed by atoms with Gasteiger partial charge in [-0.1, -0.05) is 25.1 Å². The average Bonchev–Trinajstić information content (AvgIpc) is 3.36. The number of pyridine rings is 1. The number of anilines is 3. The van der Waals surface area contributed by atoms with Gasteiger partial charge in [0.2, 0.25) is 5.91 Å². The van der Waals surface area contributed by atoms with E-state index in [1.165, 1.54) is 31.1 Å². The molecule has 43 heavy (non-hydrogen) atoms. The van der Waals surface area contributed by atoms with Crippen molar-refractivity contribution in [1.29, 1.82) is 0 Å². The molecule has 0 saturated heterocycles. The molecule has 0 saturated carbocycles. The van der Waals surface area contributed by atoms with Crippen molar-refractivity contribution in [2.75, 3.05) is 31.0 Å². The number of carbonyl (C=O) groups is 1. The number of amides is 1. The van der Waals surface area contributed by atoms with Crippen LogP contribution in [0.25, 0.3) is 22.4 Å². The number of aromatic nitrogens is 5. The number of methoxy groups -OCH3 is 1. The fourth-order valence-corrected chi connectivity index (χ4v) is 4.29. The van der Waals surface area contributed by atoms with Gasteiger partial charge >= 0.3 is 0 Å². The third kappa shape index (κ3) is 6.67. The Morgan fingerprint density at radius 1 is 1.12 bits per heavy atom. The van der Waals surface area contributed by atoms with Gasteiger partial charge in [-0.2, -0.15) is 5.10 Å². The molecule has 5 rings (SSSR count). The number of aliphatic hydroxyl groups is 1. The van der Waals surface area contributed by atoms with Gasteiger partial charge in [-0.25, -0.2) is 23.7 Å². The van der Waals surface area contributed by atoms with Gasteiger partial charge in [-0.15, -0.1) is 0 Å². The maximum absolute atomic E-state index is 15.1. The monoisotopic (exact) mass is 589 g/mol. The first-order valence-electron chi connectivity index (χ1n) is 13.3. The number of hydrogen-bond acceptors (Lipinski definition) is 9. The van der Waals surface area contributed by atoms with Gasteiger partial charge in [0.1, 0.15) is 28.9 Å². The van der Waals surface area contributed by atoms with Crippen LogP contribution >= 0.6 is 0 Å². The van der Waals surface area contributed by atoms with Crippen molar-refractivity contribution in [3.05, 3.63) is 78.1 Å². The Kier molecular flexibility index (Phi) is 8.71. The van der Waals surface area contributed by atoms with Crippen LogP contribution in [0.3, 0.4) is 0 Å². The highest BCUT2D eigenvalue weighted by atomic mass is 19.1. The number of aliphatic hydroxyl groups excluding tert-OH is 1. The lowest BCUT2D eigenvalue weighted by atomic mass is 10.1. The van der Waals surface area contributed by atoms with Crippen LogP contribution in [0.2, 0.25) is 0 Å². The summed E-state index contributed by atoms with van der Waals surface area (Å²) in [5, 5.41) is 20.3. The molecule has 222 valence electrons. The number of nitrogens with zero attached hydrogens (tertiary/aromatic N) is 5. The van der Waals surface area contributed by atoms with E-state index in [2.05, 4.69) is 30.7 Å². The number of ether oxygens (including phenoxy) is 2. The second kappa shape index (κ2) is 12.8. The zero-order valence-electron chi connectivity index (χ0n) is 23.6. The molecule has 3 heterocycles. The Balaban J connectivity index is 1.48. The maximum Gasteiger partial charge on any atom is 0.222 e.